The number of nitrogens with one attached hydrogen (secondary N) is 1. The van der Waals surface area contributed by atoms with Gasteiger partial charge >= 0.3 is 0 Å². The number of benzene rings is 2. The summed E-state index contributed by atoms with van der Waals surface area (Å²) in [5.41, 5.74) is 0.664. The molecule has 0 atom stereocenters. The van der Waals surface area contributed by atoms with Crippen molar-refractivity contribution in [3.05, 3.63) is 62.0 Å². The van der Waals surface area contributed by atoms with Crippen molar-refractivity contribution < 1.29 is 13.6 Å². The van der Waals surface area contributed by atoms with Crippen molar-refractivity contribution in [3.63, 3.8) is 0 Å². The van der Waals surface area contributed by atoms with E-state index >= 15 is 0 Å². The molecule has 20 heavy (non-hydrogen) atoms. The summed E-state index contributed by atoms with van der Waals surface area (Å²) in [6.45, 7) is 1.79. The second-order valence-corrected chi connectivity index (χ2v) is 5.88. The van der Waals surface area contributed by atoms with Gasteiger partial charge in [-0.1, -0.05) is 37.9 Å². The zero-order valence-electron chi connectivity index (χ0n) is 10.3. The number of hydrogen-bond acceptors (Lipinski definition) is 1. The van der Waals surface area contributed by atoms with Gasteiger partial charge in [-0.25, -0.2) is 8.78 Å². The molecule has 104 valence electrons. The highest BCUT2D eigenvalue weighted by atomic mass is 79.9. The first-order valence-corrected chi connectivity index (χ1v) is 7.19. The van der Waals surface area contributed by atoms with E-state index in [2.05, 4.69) is 37.2 Å². The molecule has 1 amide bonds. The third-order valence-electron chi connectivity index (χ3n) is 2.75. The minimum atomic E-state index is -0.915. The second-order valence-electron chi connectivity index (χ2n) is 4.11. The molecule has 0 heterocycles. The van der Waals surface area contributed by atoms with Crippen LogP contribution in [0.3, 0.4) is 0 Å². The quantitative estimate of drug-likeness (QED) is 0.745. The summed E-state index contributed by atoms with van der Waals surface area (Å²) in [7, 11) is 0. The Hall–Kier alpha value is -1.27. The monoisotopic (exact) mass is 403 g/mol. The van der Waals surface area contributed by atoms with Gasteiger partial charge in [0.15, 0.2) is 0 Å². The topological polar surface area (TPSA) is 29.1 Å². The number of amides is 1. The van der Waals surface area contributed by atoms with Crippen LogP contribution in [0.4, 0.5) is 14.5 Å². The van der Waals surface area contributed by atoms with Crippen molar-refractivity contribution in [2.75, 3.05) is 5.32 Å². The normalized spacial score (nSPS) is 10.4. The highest BCUT2D eigenvalue weighted by Crippen LogP contribution is 2.25. The lowest BCUT2D eigenvalue weighted by molar-refractivity contribution is 0.101. The van der Waals surface area contributed by atoms with Crippen molar-refractivity contribution in [3.8, 4) is 0 Å². The fourth-order valence-electron chi connectivity index (χ4n) is 1.69. The number of halogens is 4. The first-order chi connectivity index (χ1) is 9.40. The molecule has 2 rings (SSSR count). The lowest BCUT2D eigenvalue weighted by Gasteiger charge is -2.11. The molecular formula is C14H9Br2F2NO. The van der Waals surface area contributed by atoms with Crippen LogP contribution in [0.5, 0.6) is 0 Å². The molecule has 0 fully saturated rings. The average molecular weight is 405 g/mol. The van der Waals surface area contributed by atoms with E-state index in [0.29, 0.717) is 5.69 Å². The molecule has 0 radical (unpaired) electrons. The van der Waals surface area contributed by atoms with Gasteiger partial charge in [-0.3, -0.25) is 4.79 Å². The van der Waals surface area contributed by atoms with Gasteiger partial charge in [-0.2, -0.15) is 0 Å². The van der Waals surface area contributed by atoms with Gasteiger partial charge in [0.25, 0.3) is 5.91 Å². The Balaban J connectivity index is 2.36. The molecule has 0 aliphatic rings. The van der Waals surface area contributed by atoms with Crippen molar-refractivity contribution in [1.82, 2.24) is 0 Å². The summed E-state index contributed by atoms with van der Waals surface area (Å²) in [5.74, 6) is -2.65. The van der Waals surface area contributed by atoms with Crippen molar-refractivity contribution in [2.24, 2.45) is 0 Å². The van der Waals surface area contributed by atoms with E-state index in [1.54, 1.807) is 19.1 Å². The van der Waals surface area contributed by atoms with Crippen LogP contribution < -0.4 is 5.32 Å². The Morgan fingerprint density at radius 1 is 1.15 bits per heavy atom. The van der Waals surface area contributed by atoms with Crippen LogP contribution in [0.1, 0.15) is 15.9 Å². The van der Waals surface area contributed by atoms with Gasteiger partial charge in [0.2, 0.25) is 0 Å². The van der Waals surface area contributed by atoms with Gasteiger partial charge in [-0.05, 0) is 36.8 Å². The number of rotatable bonds is 2. The minimum Gasteiger partial charge on any atom is -0.322 e. The predicted octanol–water partition coefficient (Wildman–Crippen LogP) is 5.05. The van der Waals surface area contributed by atoms with Crippen LogP contribution in [-0.2, 0) is 0 Å². The lowest BCUT2D eigenvalue weighted by Crippen LogP contribution is -2.16. The largest absolute Gasteiger partial charge is 0.322 e. The van der Waals surface area contributed by atoms with E-state index in [9.17, 15) is 13.6 Å². The molecular weight excluding hydrogens is 396 g/mol. The van der Waals surface area contributed by atoms with E-state index < -0.39 is 23.1 Å². The number of carbonyl (C=O) groups excluding carboxylic acids is 1. The maximum Gasteiger partial charge on any atom is 0.261 e. The fourth-order valence-corrected chi connectivity index (χ4v) is 2.45. The summed E-state index contributed by atoms with van der Waals surface area (Å²) in [5, 5.41) is 2.50. The summed E-state index contributed by atoms with van der Waals surface area (Å²) in [6.07, 6.45) is 0. The number of hydrogen-bond donors (Lipinski definition) is 1. The zero-order chi connectivity index (χ0) is 14.9. The maximum atomic E-state index is 13.7. The SMILES string of the molecule is Cc1c(Br)cccc1NC(=O)c1c(F)cc(Br)cc1F. The predicted molar refractivity (Wildman–Crippen MR) is 80.9 cm³/mol. The van der Waals surface area contributed by atoms with E-state index in [1.165, 1.54) is 0 Å². The smallest absolute Gasteiger partial charge is 0.261 e. The summed E-state index contributed by atoms with van der Waals surface area (Å²) in [6, 6.07) is 7.29. The summed E-state index contributed by atoms with van der Waals surface area (Å²) < 4.78 is 28.4. The van der Waals surface area contributed by atoms with Crippen LogP contribution >= 0.6 is 31.9 Å². The molecule has 0 spiro atoms. The molecule has 6 heteroatoms. The van der Waals surface area contributed by atoms with Crippen LogP contribution in [0.25, 0.3) is 0 Å². The van der Waals surface area contributed by atoms with Crippen LogP contribution in [0.15, 0.2) is 39.3 Å². The Kier molecular flexibility index (Phi) is 4.55. The average Bonchev–Trinajstić information content (AvgIpc) is 2.33. The Morgan fingerprint density at radius 3 is 2.35 bits per heavy atom. The van der Waals surface area contributed by atoms with E-state index in [0.717, 1.165) is 22.2 Å². The molecule has 0 saturated heterocycles. The van der Waals surface area contributed by atoms with E-state index in [4.69, 9.17) is 0 Å². The third kappa shape index (κ3) is 3.07. The Labute approximate surface area is 131 Å². The molecule has 2 nitrogen and oxygen atoms in total. The molecule has 0 aliphatic carbocycles. The van der Waals surface area contributed by atoms with Crippen LogP contribution in [-0.4, -0.2) is 5.91 Å². The minimum absolute atomic E-state index is 0.239. The molecule has 0 bridgehead atoms. The van der Waals surface area contributed by atoms with Gasteiger partial charge < -0.3 is 5.32 Å². The second kappa shape index (κ2) is 6.01. The summed E-state index contributed by atoms with van der Waals surface area (Å²) in [4.78, 5) is 12.0. The van der Waals surface area contributed by atoms with Crippen molar-refractivity contribution >= 4 is 43.5 Å². The molecule has 2 aromatic carbocycles. The lowest BCUT2D eigenvalue weighted by atomic mass is 10.1. The Morgan fingerprint density at radius 2 is 1.75 bits per heavy atom. The third-order valence-corrected chi connectivity index (χ3v) is 4.07. The number of carbonyl (C=O) groups is 1. The summed E-state index contributed by atoms with van der Waals surface area (Å²) >= 11 is 6.29. The first-order valence-electron chi connectivity index (χ1n) is 5.61. The van der Waals surface area contributed by atoms with Gasteiger partial charge in [0, 0.05) is 14.6 Å². The Bertz CT molecular complexity index is 666. The molecule has 1 N–H and O–H groups in total. The van der Waals surface area contributed by atoms with Crippen LogP contribution in [0.2, 0.25) is 0 Å². The molecule has 0 aromatic heterocycles. The molecule has 0 aliphatic heterocycles. The van der Waals surface area contributed by atoms with E-state index in [-0.39, 0.29) is 4.47 Å². The van der Waals surface area contributed by atoms with Crippen molar-refractivity contribution in [1.29, 1.82) is 0 Å². The first kappa shape index (κ1) is 15.1. The highest BCUT2D eigenvalue weighted by molar-refractivity contribution is 9.10. The number of anilines is 1. The molecule has 0 unspecified atom stereocenters. The fraction of sp³-hybridized carbons (Fsp3) is 0.0714. The van der Waals surface area contributed by atoms with Gasteiger partial charge in [0.05, 0.1) is 0 Å². The van der Waals surface area contributed by atoms with Gasteiger partial charge in [-0.15, -0.1) is 0 Å². The standard InChI is InChI=1S/C14H9Br2F2NO/c1-7-9(16)3-2-4-12(7)19-14(20)13-10(17)5-8(15)6-11(13)18/h2-6H,1H3,(H,19,20). The van der Waals surface area contributed by atoms with Crippen molar-refractivity contribution in [2.45, 2.75) is 6.92 Å². The molecule has 0 saturated carbocycles. The van der Waals surface area contributed by atoms with Crippen LogP contribution in [0, 0.1) is 18.6 Å². The molecule has 2 aromatic rings. The maximum absolute atomic E-state index is 13.7. The highest BCUT2D eigenvalue weighted by Gasteiger charge is 2.19. The van der Waals surface area contributed by atoms with Gasteiger partial charge in [0.1, 0.15) is 17.2 Å². The van der Waals surface area contributed by atoms with E-state index in [1.807, 2.05) is 6.07 Å². The zero-order valence-corrected chi connectivity index (χ0v) is 13.5.